The van der Waals surface area contributed by atoms with Crippen LogP contribution < -0.4 is 9.47 Å². The Kier molecular flexibility index (Phi) is 9.02. The van der Waals surface area contributed by atoms with Crippen molar-refractivity contribution in [3.05, 3.63) is 23.5 Å². The maximum Gasteiger partial charge on any atom is 0.250 e. The zero-order valence-corrected chi connectivity index (χ0v) is 25.2. The second-order valence-electron chi connectivity index (χ2n) is 11.5. The fraction of sp³-hybridized carbons (Fsp3) is 0.786. The molecular weight excluding hydrogens is 516 g/mol. The number of unbranched alkanes of at least 4 members (excludes halogenated alkanes) is 6. The highest BCUT2D eigenvalue weighted by Crippen LogP contribution is 2.60. The number of likely N-dealkylation sites (N-methyl/N-ethyl adjacent to an activating group) is 2. The topological polar surface area (TPSA) is 76.5 Å². The van der Waals surface area contributed by atoms with Crippen LogP contribution >= 0.6 is 23.5 Å². The van der Waals surface area contributed by atoms with E-state index in [2.05, 4.69) is 54.3 Å². The minimum Gasteiger partial charge on any atom is -0.476 e. The van der Waals surface area contributed by atoms with Gasteiger partial charge in [-0.3, -0.25) is 4.90 Å². The van der Waals surface area contributed by atoms with Crippen molar-refractivity contribution >= 4 is 23.5 Å². The summed E-state index contributed by atoms with van der Waals surface area (Å²) in [5, 5.41) is 0. The third-order valence-corrected chi connectivity index (χ3v) is 9.96. The molecule has 2 aromatic rings. The standard InChI is InChI=1S/C28H44N6O2S2/c1-5-7-9-11-17-35-25-23(29-37-31-25)27-15-13-22(34(4)19-27)28(20-33(3)16-14-21(27)28)24-26(32-38-30-24)36-18-12-10-8-6-2/h13,15,21-22H,5-12,14,16-20H2,1-4H3/t21-,22?,27?,28+/m0/s1. The van der Waals surface area contributed by atoms with Gasteiger partial charge >= 0.3 is 0 Å². The van der Waals surface area contributed by atoms with Crippen molar-refractivity contribution in [1.82, 2.24) is 27.3 Å². The molecule has 5 heterocycles. The van der Waals surface area contributed by atoms with Crippen LogP contribution in [0.4, 0.5) is 0 Å². The lowest BCUT2D eigenvalue weighted by Crippen LogP contribution is -2.73. The molecule has 2 fully saturated rings. The predicted octanol–water partition coefficient (Wildman–Crippen LogP) is 5.32. The monoisotopic (exact) mass is 560 g/mol. The highest BCUT2D eigenvalue weighted by Gasteiger charge is 2.66. The molecule has 2 unspecified atom stereocenters. The normalized spacial score (nSPS) is 29.1. The van der Waals surface area contributed by atoms with Gasteiger partial charge in [-0.15, -0.1) is 8.75 Å². The van der Waals surface area contributed by atoms with Crippen LogP contribution in [0.25, 0.3) is 0 Å². The maximum atomic E-state index is 6.36. The van der Waals surface area contributed by atoms with Gasteiger partial charge < -0.3 is 14.4 Å². The molecule has 0 N–H and O–H groups in total. The van der Waals surface area contributed by atoms with Gasteiger partial charge in [0.25, 0.3) is 0 Å². The van der Waals surface area contributed by atoms with Gasteiger partial charge in [0.05, 0.1) is 47.5 Å². The van der Waals surface area contributed by atoms with E-state index in [0.717, 1.165) is 62.0 Å². The van der Waals surface area contributed by atoms with E-state index < -0.39 is 0 Å². The summed E-state index contributed by atoms with van der Waals surface area (Å²) in [6, 6.07) is 0.230. The first-order valence-corrected chi connectivity index (χ1v) is 16.0. The highest BCUT2D eigenvalue weighted by molar-refractivity contribution is 6.99. The van der Waals surface area contributed by atoms with Crippen LogP contribution in [0.3, 0.4) is 0 Å². The lowest BCUT2D eigenvalue weighted by molar-refractivity contribution is -0.0540. The van der Waals surface area contributed by atoms with Crippen LogP contribution in [0.5, 0.6) is 11.8 Å². The summed E-state index contributed by atoms with van der Waals surface area (Å²) in [7, 11) is 4.47. The number of ether oxygens (including phenoxy) is 2. The van der Waals surface area contributed by atoms with Crippen LogP contribution in [-0.4, -0.2) is 80.3 Å². The lowest BCUT2D eigenvalue weighted by Gasteiger charge is -2.64. The number of piperidine rings is 2. The van der Waals surface area contributed by atoms with Crippen molar-refractivity contribution in [3.63, 3.8) is 0 Å². The molecule has 0 saturated carbocycles. The number of likely N-dealkylation sites (tertiary alicyclic amines) is 1. The average Bonchev–Trinajstić information content (AvgIpc) is 3.59. The molecule has 8 nitrogen and oxygen atoms in total. The molecule has 6 rings (SSSR count). The lowest BCUT2D eigenvalue weighted by atomic mass is 9.48. The van der Waals surface area contributed by atoms with E-state index in [4.69, 9.17) is 22.6 Å². The summed E-state index contributed by atoms with van der Waals surface area (Å²) >= 11 is 2.57. The van der Waals surface area contributed by atoms with Crippen molar-refractivity contribution in [1.29, 1.82) is 0 Å². The molecule has 210 valence electrons. The summed E-state index contributed by atoms with van der Waals surface area (Å²) in [6.45, 7) is 8.74. The van der Waals surface area contributed by atoms with Crippen molar-refractivity contribution in [3.8, 4) is 11.8 Å². The van der Waals surface area contributed by atoms with Gasteiger partial charge in [0.15, 0.2) is 0 Å². The summed E-state index contributed by atoms with van der Waals surface area (Å²) in [5.41, 5.74) is 1.52. The molecule has 4 atom stereocenters. The second kappa shape index (κ2) is 12.3. The summed E-state index contributed by atoms with van der Waals surface area (Å²) < 4.78 is 31.9. The maximum absolute atomic E-state index is 6.36. The molecule has 2 saturated heterocycles. The first kappa shape index (κ1) is 27.9. The van der Waals surface area contributed by atoms with Crippen molar-refractivity contribution < 1.29 is 9.47 Å². The largest absolute Gasteiger partial charge is 0.476 e. The van der Waals surface area contributed by atoms with E-state index in [9.17, 15) is 0 Å². The number of hydrogen-bond acceptors (Lipinski definition) is 10. The van der Waals surface area contributed by atoms with Gasteiger partial charge in [-0.1, -0.05) is 64.5 Å². The van der Waals surface area contributed by atoms with Gasteiger partial charge in [-0.2, -0.15) is 8.75 Å². The summed E-state index contributed by atoms with van der Waals surface area (Å²) in [5.74, 6) is 1.77. The smallest absolute Gasteiger partial charge is 0.250 e. The van der Waals surface area contributed by atoms with Crippen molar-refractivity contribution in [2.24, 2.45) is 5.92 Å². The number of nitrogens with zero attached hydrogens (tertiary/aromatic N) is 6. The molecule has 0 spiro atoms. The number of hydrogen-bond donors (Lipinski definition) is 0. The van der Waals surface area contributed by atoms with Gasteiger partial charge in [0.1, 0.15) is 11.4 Å². The first-order valence-electron chi connectivity index (χ1n) is 14.6. The Bertz CT molecular complexity index is 1080. The van der Waals surface area contributed by atoms with Crippen LogP contribution in [-0.2, 0) is 10.8 Å². The Morgan fingerprint density at radius 3 is 2.11 bits per heavy atom. The summed E-state index contributed by atoms with van der Waals surface area (Å²) in [6.07, 6.45) is 15.3. The fourth-order valence-electron chi connectivity index (χ4n) is 7.24. The van der Waals surface area contributed by atoms with E-state index in [0.29, 0.717) is 19.1 Å². The average molecular weight is 561 g/mol. The molecule has 4 aliphatic rings. The fourth-order valence-corrected chi connectivity index (χ4v) is 8.41. The van der Waals surface area contributed by atoms with E-state index in [1.165, 1.54) is 62.0 Å². The molecule has 0 radical (unpaired) electrons. The SMILES string of the molecule is CCCCCCOc1nsnc1C12C=CC(N(C)C1)[C@@]1(c3nsnc3OCCCCCC)CN(C)CC[C@@H]21. The van der Waals surface area contributed by atoms with E-state index in [1.54, 1.807) is 0 Å². The van der Waals surface area contributed by atoms with E-state index in [-0.39, 0.29) is 16.9 Å². The third kappa shape index (κ3) is 5.02. The third-order valence-electron chi connectivity index (χ3n) is 8.94. The number of rotatable bonds is 14. The molecule has 1 aliphatic carbocycles. The quantitative estimate of drug-likeness (QED) is 0.227. The second-order valence-corrected chi connectivity index (χ2v) is 12.6. The molecule has 2 bridgehead atoms. The van der Waals surface area contributed by atoms with Gasteiger partial charge in [0.2, 0.25) is 11.8 Å². The minimum atomic E-state index is -0.279. The van der Waals surface area contributed by atoms with Crippen LogP contribution in [0.2, 0.25) is 0 Å². The first-order chi connectivity index (χ1) is 18.6. The molecule has 0 amide bonds. The summed E-state index contributed by atoms with van der Waals surface area (Å²) in [4.78, 5) is 4.95. The van der Waals surface area contributed by atoms with E-state index in [1.807, 2.05) is 0 Å². The van der Waals surface area contributed by atoms with Gasteiger partial charge in [0, 0.05) is 19.1 Å². The number of fused-ring (bicyclic) bond motifs is 1. The Morgan fingerprint density at radius 2 is 1.47 bits per heavy atom. The van der Waals surface area contributed by atoms with Gasteiger partial charge in [-0.05, 0) is 45.8 Å². The molecule has 3 aliphatic heterocycles. The zero-order chi connectivity index (χ0) is 26.6. The zero-order valence-electron chi connectivity index (χ0n) is 23.5. The molecule has 0 aromatic carbocycles. The van der Waals surface area contributed by atoms with Crippen LogP contribution in [0, 0.1) is 5.92 Å². The van der Waals surface area contributed by atoms with Gasteiger partial charge in [-0.25, -0.2) is 0 Å². The Balaban J connectivity index is 1.48. The molecule has 38 heavy (non-hydrogen) atoms. The number of aromatic nitrogens is 4. The Morgan fingerprint density at radius 1 is 0.842 bits per heavy atom. The molecule has 10 heteroatoms. The minimum absolute atomic E-state index is 0.230. The predicted molar refractivity (Wildman–Crippen MR) is 154 cm³/mol. The van der Waals surface area contributed by atoms with Crippen LogP contribution in [0.1, 0.15) is 83.0 Å². The van der Waals surface area contributed by atoms with Crippen molar-refractivity contribution in [2.45, 2.75) is 88.5 Å². The molecular formula is C28H44N6O2S2. The van der Waals surface area contributed by atoms with Crippen LogP contribution in [0.15, 0.2) is 12.2 Å². The Labute approximate surface area is 236 Å². The Hall–Kier alpha value is -1.62. The van der Waals surface area contributed by atoms with Crippen molar-refractivity contribution in [2.75, 3.05) is 46.9 Å². The van der Waals surface area contributed by atoms with E-state index >= 15 is 0 Å². The highest BCUT2D eigenvalue weighted by atomic mass is 32.1. The molecule has 2 aromatic heterocycles.